The lowest BCUT2D eigenvalue weighted by Crippen LogP contribution is -2.34. The molecule has 0 aliphatic rings. The molecular weight excluding hydrogens is 348 g/mol. The minimum absolute atomic E-state index is 0.372. The Morgan fingerprint density at radius 2 is 2.10 bits per heavy atom. The van der Waals surface area contributed by atoms with Gasteiger partial charge in [0.2, 0.25) is 0 Å². The topological polar surface area (TPSA) is 24.9 Å². The number of nitrogens with zero attached hydrogens (tertiary/aromatic N) is 1. The molecule has 2 aromatic rings. The normalized spacial score (nSPS) is 12.3. The van der Waals surface area contributed by atoms with E-state index in [0.29, 0.717) is 6.04 Å². The second kappa shape index (κ2) is 8.52. The molecule has 1 unspecified atom stereocenters. The average Bonchev–Trinajstić information content (AvgIpc) is 2.47. The van der Waals surface area contributed by atoms with Gasteiger partial charge in [-0.25, -0.2) is 0 Å². The fourth-order valence-corrected chi connectivity index (χ4v) is 2.74. The quantitative estimate of drug-likeness (QED) is 0.770. The van der Waals surface area contributed by atoms with Gasteiger partial charge in [-0.05, 0) is 65.1 Å². The van der Waals surface area contributed by atoms with Gasteiger partial charge in [0, 0.05) is 33.8 Å². The van der Waals surface area contributed by atoms with Crippen LogP contribution < -0.4 is 5.32 Å². The Kier molecular flexibility index (Phi) is 6.68. The Morgan fingerprint density at radius 1 is 1.24 bits per heavy atom. The summed E-state index contributed by atoms with van der Waals surface area (Å²) in [6.07, 6.45) is 4.85. The molecule has 0 bridgehead atoms. The zero-order chi connectivity index (χ0) is 15.1. The minimum Gasteiger partial charge on any atom is -0.313 e. The summed E-state index contributed by atoms with van der Waals surface area (Å²) < 4.78 is 1.01. The zero-order valence-corrected chi connectivity index (χ0v) is 14.5. The number of halogens is 2. The number of hydrogen-bond donors (Lipinski definition) is 1. The van der Waals surface area contributed by atoms with E-state index in [1.54, 1.807) is 0 Å². The van der Waals surface area contributed by atoms with E-state index < -0.39 is 0 Å². The van der Waals surface area contributed by atoms with Crippen LogP contribution in [0.3, 0.4) is 0 Å². The summed E-state index contributed by atoms with van der Waals surface area (Å²) in [5.41, 5.74) is 2.36. The Hall–Kier alpha value is -0.900. The maximum absolute atomic E-state index is 6.07. The van der Waals surface area contributed by atoms with E-state index in [1.165, 1.54) is 5.56 Å². The third-order valence-corrected chi connectivity index (χ3v) is 4.00. The molecule has 0 aliphatic heterocycles. The van der Waals surface area contributed by atoms with Gasteiger partial charge in [0.15, 0.2) is 0 Å². The number of aromatic nitrogens is 1. The summed E-state index contributed by atoms with van der Waals surface area (Å²) in [7, 11) is 0. The monoisotopic (exact) mass is 366 g/mol. The van der Waals surface area contributed by atoms with Gasteiger partial charge in [0.25, 0.3) is 0 Å². The largest absolute Gasteiger partial charge is 0.313 e. The third-order valence-electron chi connectivity index (χ3n) is 3.30. The maximum atomic E-state index is 6.07. The summed E-state index contributed by atoms with van der Waals surface area (Å²) in [5.74, 6) is 0. The second-order valence-corrected chi connectivity index (χ2v) is 6.51. The van der Waals surface area contributed by atoms with Crippen LogP contribution in [0.25, 0.3) is 0 Å². The molecule has 0 aliphatic carbocycles. The van der Waals surface area contributed by atoms with Crippen LogP contribution in [0.5, 0.6) is 0 Å². The first-order valence-corrected chi connectivity index (χ1v) is 8.42. The highest BCUT2D eigenvalue weighted by Crippen LogP contribution is 2.15. The van der Waals surface area contributed by atoms with Crippen LogP contribution in [0.1, 0.15) is 24.6 Å². The summed E-state index contributed by atoms with van der Waals surface area (Å²) in [6, 6.07) is 12.6. The molecular formula is C17H20BrClN2. The second-order valence-electron chi connectivity index (χ2n) is 5.16. The number of benzene rings is 1. The van der Waals surface area contributed by atoms with Gasteiger partial charge in [0.1, 0.15) is 0 Å². The van der Waals surface area contributed by atoms with Crippen LogP contribution >= 0.6 is 27.5 Å². The van der Waals surface area contributed by atoms with Crippen molar-refractivity contribution in [2.24, 2.45) is 0 Å². The molecule has 0 amide bonds. The van der Waals surface area contributed by atoms with Crippen molar-refractivity contribution in [3.05, 3.63) is 63.3 Å². The van der Waals surface area contributed by atoms with Crippen molar-refractivity contribution < 1.29 is 0 Å². The summed E-state index contributed by atoms with van der Waals surface area (Å²) in [5, 5.41) is 4.40. The number of hydrogen-bond acceptors (Lipinski definition) is 2. The predicted molar refractivity (Wildman–Crippen MR) is 92.9 cm³/mol. The molecule has 0 radical (unpaired) electrons. The number of nitrogens with one attached hydrogen (secondary N) is 1. The van der Waals surface area contributed by atoms with Gasteiger partial charge in [-0.2, -0.15) is 0 Å². The van der Waals surface area contributed by atoms with E-state index in [9.17, 15) is 0 Å². The maximum Gasteiger partial charge on any atom is 0.0420 e. The molecule has 0 saturated carbocycles. The van der Waals surface area contributed by atoms with Crippen LogP contribution in [0.15, 0.2) is 47.1 Å². The molecule has 1 N–H and O–H groups in total. The highest BCUT2D eigenvalue weighted by molar-refractivity contribution is 9.10. The van der Waals surface area contributed by atoms with Crippen molar-refractivity contribution >= 4 is 27.5 Å². The van der Waals surface area contributed by atoms with E-state index in [0.717, 1.165) is 41.0 Å². The van der Waals surface area contributed by atoms with Crippen molar-refractivity contribution in [1.82, 2.24) is 10.3 Å². The van der Waals surface area contributed by atoms with Crippen molar-refractivity contribution in [2.75, 3.05) is 6.54 Å². The van der Waals surface area contributed by atoms with Gasteiger partial charge < -0.3 is 5.32 Å². The highest BCUT2D eigenvalue weighted by atomic mass is 79.9. The smallest absolute Gasteiger partial charge is 0.0420 e. The Bertz CT molecular complexity index is 557. The van der Waals surface area contributed by atoms with E-state index in [-0.39, 0.29) is 0 Å². The predicted octanol–water partition coefficient (Wildman–Crippen LogP) is 4.65. The fraction of sp³-hybridized carbons (Fsp3) is 0.353. The van der Waals surface area contributed by atoms with E-state index in [4.69, 9.17) is 11.6 Å². The molecule has 21 heavy (non-hydrogen) atoms. The molecule has 112 valence electrons. The van der Waals surface area contributed by atoms with Gasteiger partial charge in [0.05, 0.1) is 0 Å². The van der Waals surface area contributed by atoms with Crippen LogP contribution in [0, 0.1) is 0 Å². The lowest BCUT2D eigenvalue weighted by Gasteiger charge is -2.18. The van der Waals surface area contributed by atoms with Gasteiger partial charge in [-0.15, -0.1) is 0 Å². The minimum atomic E-state index is 0.372. The molecule has 0 saturated heterocycles. The van der Waals surface area contributed by atoms with Crippen molar-refractivity contribution in [2.45, 2.75) is 32.2 Å². The van der Waals surface area contributed by atoms with E-state index in [1.807, 2.05) is 30.5 Å². The first-order chi connectivity index (χ1) is 10.2. The molecule has 0 fully saturated rings. The summed E-state index contributed by atoms with van der Waals surface area (Å²) in [4.78, 5) is 4.47. The van der Waals surface area contributed by atoms with E-state index >= 15 is 0 Å². The van der Waals surface area contributed by atoms with Crippen LogP contribution in [-0.2, 0) is 12.8 Å². The van der Waals surface area contributed by atoms with Crippen molar-refractivity contribution in [3.8, 4) is 0 Å². The standard InChI is InChI=1S/C17H20BrClN2/c1-2-8-20-17(10-13-4-3-5-15(19)9-13)11-16-7-6-14(18)12-21-16/h3-7,9,12,17,20H,2,8,10-11H2,1H3. The van der Waals surface area contributed by atoms with Crippen molar-refractivity contribution in [3.63, 3.8) is 0 Å². The van der Waals surface area contributed by atoms with Crippen LogP contribution in [-0.4, -0.2) is 17.6 Å². The fourth-order valence-electron chi connectivity index (χ4n) is 2.29. The Labute approximate surface area is 140 Å². The summed E-state index contributed by atoms with van der Waals surface area (Å²) in [6.45, 7) is 3.20. The molecule has 4 heteroatoms. The van der Waals surface area contributed by atoms with Gasteiger partial charge >= 0.3 is 0 Å². The average molecular weight is 368 g/mol. The molecule has 2 rings (SSSR count). The first-order valence-electron chi connectivity index (χ1n) is 7.25. The molecule has 1 atom stereocenters. The Morgan fingerprint density at radius 3 is 2.76 bits per heavy atom. The van der Waals surface area contributed by atoms with Gasteiger partial charge in [-0.3, -0.25) is 4.98 Å². The molecule has 0 spiro atoms. The van der Waals surface area contributed by atoms with E-state index in [2.05, 4.69) is 45.3 Å². The third kappa shape index (κ3) is 5.77. The molecule has 1 aromatic heterocycles. The molecule has 1 aromatic carbocycles. The summed E-state index contributed by atoms with van der Waals surface area (Å²) >= 11 is 9.49. The molecule has 1 heterocycles. The van der Waals surface area contributed by atoms with Gasteiger partial charge in [-0.1, -0.05) is 30.7 Å². The zero-order valence-electron chi connectivity index (χ0n) is 12.2. The lowest BCUT2D eigenvalue weighted by atomic mass is 10.0. The SMILES string of the molecule is CCCNC(Cc1cccc(Cl)c1)Cc1ccc(Br)cn1. The van der Waals surface area contributed by atoms with Crippen LogP contribution in [0.2, 0.25) is 5.02 Å². The number of pyridine rings is 1. The Balaban J connectivity index is 2.04. The van der Waals surface area contributed by atoms with Crippen molar-refractivity contribution in [1.29, 1.82) is 0 Å². The lowest BCUT2D eigenvalue weighted by molar-refractivity contribution is 0.500. The van der Waals surface area contributed by atoms with Crippen LogP contribution in [0.4, 0.5) is 0 Å². The number of rotatable bonds is 7. The molecule has 2 nitrogen and oxygen atoms in total. The highest BCUT2D eigenvalue weighted by Gasteiger charge is 2.11. The first kappa shape index (κ1) is 16.5.